The molecule has 7 nitrogen and oxygen atoms in total. The molecule has 0 atom stereocenters. The van der Waals surface area contributed by atoms with Crippen molar-refractivity contribution in [1.82, 2.24) is 10.0 Å². The molecule has 8 heteroatoms. The highest BCUT2D eigenvalue weighted by atomic mass is 32.2. The number of hydrogen-bond acceptors (Lipinski definition) is 4. The van der Waals surface area contributed by atoms with Crippen LogP contribution >= 0.6 is 0 Å². The van der Waals surface area contributed by atoms with E-state index in [0.717, 1.165) is 5.56 Å². The second-order valence-corrected chi connectivity index (χ2v) is 6.74. The maximum absolute atomic E-state index is 12.1. The fraction of sp³-hybridized carbons (Fsp3) is 0.188. The highest BCUT2D eigenvalue weighted by Crippen LogP contribution is 2.22. The number of nitrogens with one attached hydrogen (secondary N) is 3. The molecule has 24 heavy (non-hydrogen) atoms. The molecular weight excluding hydrogens is 330 g/mol. The highest BCUT2D eigenvalue weighted by Gasteiger charge is 2.13. The van der Waals surface area contributed by atoms with E-state index in [1.807, 2.05) is 6.92 Å². The van der Waals surface area contributed by atoms with Gasteiger partial charge in [0.05, 0.1) is 24.4 Å². The number of benzene rings is 2. The maximum Gasteiger partial charge on any atom is 0.320 e. The molecule has 0 heterocycles. The number of carbonyl (C=O) groups is 1. The van der Waals surface area contributed by atoms with Crippen molar-refractivity contribution in [2.45, 2.75) is 11.8 Å². The summed E-state index contributed by atoms with van der Waals surface area (Å²) in [5.41, 5.74) is 1.45. The summed E-state index contributed by atoms with van der Waals surface area (Å²) in [5, 5.41) is 5.01. The van der Waals surface area contributed by atoms with Crippen LogP contribution in [0.5, 0.6) is 5.75 Å². The van der Waals surface area contributed by atoms with E-state index < -0.39 is 16.1 Å². The minimum Gasteiger partial charge on any atom is -0.495 e. The molecule has 0 aliphatic heterocycles. The van der Waals surface area contributed by atoms with Gasteiger partial charge in [-0.2, -0.15) is 4.72 Å². The normalized spacial score (nSPS) is 10.9. The molecule has 2 aromatic carbocycles. The van der Waals surface area contributed by atoms with Crippen LogP contribution in [0.4, 0.5) is 10.5 Å². The lowest BCUT2D eigenvalue weighted by atomic mass is 10.2. The van der Waals surface area contributed by atoms with Gasteiger partial charge in [-0.05, 0) is 31.2 Å². The molecule has 2 aromatic rings. The Bertz CT molecular complexity index is 804. The van der Waals surface area contributed by atoms with Gasteiger partial charge in [-0.25, -0.2) is 13.2 Å². The quantitative estimate of drug-likeness (QED) is 0.696. The molecule has 0 saturated heterocycles. The molecule has 2 amide bonds. The predicted octanol–water partition coefficient (Wildman–Crippen LogP) is 2.06. The van der Waals surface area contributed by atoms with Crippen LogP contribution in [0, 0.1) is 6.92 Å². The van der Waals surface area contributed by atoms with E-state index in [2.05, 4.69) is 15.4 Å². The zero-order chi connectivity index (χ0) is 17.6. The fourth-order valence-electron chi connectivity index (χ4n) is 1.93. The first-order valence-electron chi connectivity index (χ1n) is 7.16. The smallest absolute Gasteiger partial charge is 0.320 e. The van der Waals surface area contributed by atoms with Gasteiger partial charge in [0, 0.05) is 0 Å². The zero-order valence-electron chi connectivity index (χ0n) is 13.4. The monoisotopic (exact) mass is 349 g/mol. The summed E-state index contributed by atoms with van der Waals surface area (Å²) < 4.78 is 31.6. The van der Waals surface area contributed by atoms with E-state index in [1.54, 1.807) is 36.4 Å². The summed E-state index contributed by atoms with van der Waals surface area (Å²) in [6, 6.07) is 12.8. The van der Waals surface area contributed by atoms with Crippen molar-refractivity contribution in [1.29, 1.82) is 0 Å². The van der Waals surface area contributed by atoms with Crippen LogP contribution in [0.25, 0.3) is 0 Å². The summed E-state index contributed by atoms with van der Waals surface area (Å²) in [5.74, 6) is 0.507. The van der Waals surface area contributed by atoms with Gasteiger partial charge in [-0.15, -0.1) is 0 Å². The molecule has 0 fully saturated rings. The van der Waals surface area contributed by atoms with Crippen molar-refractivity contribution >= 4 is 21.7 Å². The predicted molar refractivity (Wildman–Crippen MR) is 91.5 cm³/mol. The van der Waals surface area contributed by atoms with Crippen LogP contribution in [-0.2, 0) is 10.0 Å². The van der Waals surface area contributed by atoms with E-state index in [4.69, 9.17) is 4.74 Å². The second-order valence-electron chi connectivity index (χ2n) is 4.97. The van der Waals surface area contributed by atoms with Crippen molar-refractivity contribution in [3.8, 4) is 5.75 Å². The topological polar surface area (TPSA) is 96.5 Å². The van der Waals surface area contributed by atoms with Gasteiger partial charge in [0.15, 0.2) is 0 Å². The molecule has 0 saturated carbocycles. The lowest BCUT2D eigenvalue weighted by Crippen LogP contribution is -2.39. The Morgan fingerprint density at radius 2 is 1.75 bits per heavy atom. The number of rotatable bonds is 6. The largest absolute Gasteiger partial charge is 0.495 e. The molecule has 2 rings (SSSR count). The number of anilines is 1. The lowest BCUT2D eigenvalue weighted by Gasteiger charge is -2.11. The molecule has 0 spiro atoms. The third kappa shape index (κ3) is 4.71. The van der Waals surface area contributed by atoms with Crippen LogP contribution in [-0.4, -0.2) is 28.2 Å². The lowest BCUT2D eigenvalue weighted by molar-refractivity contribution is 0.252. The number of aryl methyl sites for hydroxylation is 1. The highest BCUT2D eigenvalue weighted by molar-refractivity contribution is 7.89. The van der Waals surface area contributed by atoms with Crippen LogP contribution < -0.4 is 20.1 Å². The summed E-state index contributed by atoms with van der Waals surface area (Å²) in [6.07, 6.45) is 0. The van der Waals surface area contributed by atoms with Crippen molar-refractivity contribution in [3.63, 3.8) is 0 Å². The SMILES string of the molecule is COc1ccccc1NC(=O)NCNS(=O)(=O)c1ccc(C)cc1. The Kier molecular flexibility index (Phi) is 5.78. The molecule has 0 radical (unpaired) electrons. The summed E-state index contributed by atoms with van der Waals surface area (Å²) in [4.78, 5) is 12.0. The van der Waals surface area contributed by atoms with Gasteiger partial charge < -0.3 is 15.4 Å². The molecule has 0 aliphatic carbocycles. The van der Waals surface area contributed by atoms with Crippen molar-refractivity contribution in [2.75, 3.05) is 19.1 Å². The Morgan fingerprint density at radius 1 is 1.08 bits per heavy atom. The summed E-state index contributed by atoms with van der Waals surface area (Å²) in [6.45, 7) is 1.63. The van der Waals surface area contributed by atoms with Crippen LogP contribution in [0.15, 0.2) is 53.4 Å². The molecule has 3 N–H and O–H groups in total. The van der Waals surface area contributed by atoms with Crippen LogP contribution in [0.2, 0.25) is 0 Å². The minimum atomic E-state index is -3.68. The van der Waals surface area contributed by atoms with Gasteiger partial charge in [0.25, 0.3) is 0 Å². The second kappa shape index (κ2) is 7.80. The molecule has 128 valence electrons. The Labute approximate surface area is 141 Å². The average molecular weight is 349 g/mol. The first-order valence-corrected chi connectivity index (χ1v) is 8.65. The standard InChI is InChI=1S/C16H19N3O4S/c1-12-7-9-13(10-8-12)24(21,22)18-11-17-16(20)19-14-5-3-4-6-15(14)23-2/h3-10,18H,11H2,1-2H3,(H2,17,19,20). The van der Waals surface area contributed by atoms with Gasteiger partial charge in [0.2, 0.25) is 10.0 Å². The number of carbonyl (C=O) groups excluding carboxylic acids is 1. The molecule has 0 aromatic heterocycles. The van der Waals surface area contributed by atoms with E-state index in [9.17, 15) is 13.2 Å². The number of urea groups is 1. The number of ether oxygens (including phenoxy) is 1. The number of amides is 2. The number of hydrogen-bond donors (Lipinski definition) is 3. The molecule has 0 bridgehead atoms. The fourth-order valence-corrected chi connectivity index (χ4v) is 2.85. The van der Waals surface area contributed by atoms with Crippen molar-refractivity contribution < 1.29 is 17.9 Å². The molecular formula is C16H19N3O4S. The van der Waals surface area contributed by atoms with Crippen molar-refractivity contribution in [2.24, 2.45) is 0 Å². The maximum atomic E-state index is 12.1. The Morgan fingerprint density at radius 3 is 2.42 bits per heavy atom. The summed E-state index contributed by atoms with van der Waals surface area (Å²) in [7, 11) is -2.18. The number of para-hydroxylation sites is 2. The molecule has 0 unspecified atom stereocenters. The third-order valence-electron chi connectivity index (χ3n) is 3.20. The number of sulfonamides is 1. The first kappa shape index (κ1) is 17.8. The van der Waals surface area contributed by atoms with Gasteiger partial charge in [-0.1, -0.05) is 29.8 Å². The Balaban J connectivity index is 1.89. The van der Waals surface area contributed by atoms with E-state index in [1.165, 1.54) is 19.2 Å². The third-order valence-corrected chi connectivity index (χ3v) is 4.61. The van der Waals surface area contributed by atoms with Gasteiger partial charge in [0.1, 0.15) is 5.75 Å². The van der Waals surface area contributed by atoms with Gasteiger partial charge >= 0.3 is 6.03 Å². The Hall–Kier alpha value is -2.58. The van der Waals surface area contributed by atoms with E-state index >= 15 is 0 Å². The zero-order valence-corrected chi connectivity index (χ0v) is 14.2. The van der Waals surface area contributed by atoms with E-state index in [0.29, 0.717) is 11.4 Å². The van der Waals surface area contributed by atoms with E-state index in [-0.39, 0.29) is 11.6 Å². The van der Waals surface area contributed by atoms with Gasteiger partial charge in [-0.3, -0.25) is 0 Å². The van der Waals surface area contributed by atoms with Crippen LogP contribution in [0.1, 0.15) is 5.56 Å². The number of methoxy groups -OCH3 is 1. The average Bonchev–Trinajstić information content (AvgIpc) is 2.55. The molecule has 0 aliphatic rings. The first-order chi connectivity index (χ1) is 11.4. The van der Waals surface area contributed by atoms with Crippen molar-refractivity contribution in [3.05, 3.63) is 54.1 Å². The van der Waals surface area contributed by atoms with Crippen LogP contribution in [0.3, 0.4) is 0 Å². The summed E-state index contributed by atoms with van der Waals surface area (Å²) >= 11 is 0. The minimum absolute atomic E-state index is 0.139.